The zero-order chi connectivity index (χ0) is 11.2. The van der Waals surface area contributed by atoms with E-state index in [4.69, 9.17) is 0 Å². The Morgan fingerprint density at radius 1 is 1.47 bits per heavy atom. The fourth-order valence-corrected chi connectivity index (χ4v) is 3.03. The van der Waals surface area contributed by atoms with Crippen molar-refractivity contribution in [1.29, 1.82) is 0 Å². The van der Waals surface area contributed by atoms with E-state index in [-0.39, 0.29) is 23.7 Å². The number of piperazine rings is 1. The van der Waals surface area contributed by atoms with Crippen LogP contribution in [0, 0.1) is 0 Å². The van der Waals surface area contributed by atoms with Crippen LogP contribution in [-0.2, 0) is 4.79 Å². The fraction of sp³-hybridized carbons (Fsp3) is 0.909. The molecule has 1 N–H and O–H groups in total. The maximum Gasteiger partial charge on any atom is 0.243 e. The molecule has 0 aromatic rings. The van der Waals surface area contributed by atoms with E-state index in [1.807, 2.05) is 4.90 Å². The van der Waals surface area contributed by atoms with Crippen LogP contribution in [0.15, 0.2) is 0 Å². The van der Waals surface area contributed by atoms with E-state index in [9.17, 15) is 4.79 Å². The van der Waals surface area contributed by atoms with Gasteiger partial charge in [-0.2, -0.15) is 0 Å². The van der Waals surface area contributed by atoms with Crippen molar-refractivity contribution in [3.8, 4) is 0 Å². The molecule has 4 nitrogen and oxygen atoms in total. The summed E-state index contributed by atoms with van der Waals surface area (Å²) in [5.41, 5.74) is -0.127. The minimum absolute atomic E-state index is 0.0520. The highest BCUT2D eigenvalue weighted by atomic mass is 16.2. The lowest BCUT2D eigenvalue weighted by Crippen LogP contribution is -2.57. The average molecular weight is 211 g/mol. The first-order valence-electron chi connectivity index (χ1n) is 5.77. The van der Waals surface area contributed by atoms with Gasteiger partial charge < -0.3 is 10.2 Å². The largest absolute Gasteiger partial charge is 0.321 e. The molecule has 0 radical (unpaired) electrons. The number of carbonyl (C=O) groups is 1. The molecule has 0 saturated carbocycles. The molecular formula is C11H21N3O. The minimum Gasteiger partial charge on any atom is -0.321 e. The molecule has 0 aliphatic carbocycles. The van der Waals surface area contributed by atoms with Crippen LogP contribution >= 0.6 is 0 Å². The van der Waals surface area contributed by atoms with Crippen LogP contribution in [0.1, 0.15) is 27.7 Å². The molecule has 2 saturated heterocycles. The zero-order valence-electron chi connectivity index (χ0n) is 10.1. The van der Waals surface area contributed by atoms with Crippen LogP contribution in [-0.4, -0.2) is 53.1 Å². The maximum atomic E-state index is 12.2. The summed E-state index contributed by atoms with van der Waals surface area (Å²) in [6.45, 7) is 11.2. The van der Waals surface area contributed by atoms with Gasteiger partial charge in [0.1, 0.15) is 6.04 Å². The minimum atomic E-state index is -0.127. The summed E-state index contributed by atoms with van der Waals surface area (Å²) in [6, 6.07) is 0.328. The number of hydrogen-bond acceptors (Lipinski definition) is 3. The molecule has 2 fully saturated rings. The summed E-state index contributed by atoms with van der Waals surface area (Å²) in [7, 11) is 0. The molecule has 0 spiro atoms. The number of carbonyl (C=O) groups excluding carboxylic acids is 1. The number of nitrogens with zero attached hydrogens (tertiary/aromatic N) is 2. The van der Waals surface area contributed by atoms with Crippen LogP contribution in [0.3, 0.4) is 0 Å². The van der Waals surface area contributed by atoms with Gasteiger partial charge in [0, 0.05) is 25.7 Å². The van der Waals surface area contributed by atoms with Crippen molar-refractivity contribution in [3.05, 3.63) is 0 Å². The molecular weight excluding hydrogens is 190 g/mol. The van der Waals surface area contributed by atoms with Crippen LogP contribution < -0.4 is 5.32 Å². The molecule has 2 heterocycles. The summed E-state index contributed by atoms with van der Waals surface area (Å²) in [5, 5.41) is 3.29. The molecule has 0 aromatic heterocycles. The Balaban J connectivity index is 2.31. The van der Waals surface area contributed by atoms with E-state index in [2.05, 4.69) is 37.9 Å². The van der Waals surface area contributed by atoms with Gasteiger partial charge in [-0.1, -0.05) is 0 Å². The normalized spacial score (nSPS) is 31.1. The second-order valence-corrected chi connectivity index (χ2v) is 5.21. The van der Waals surface area contributed by atoms with Crippen molar-refractivity contribution in [2.24, 2.45) is 0 Å². The highest BCUT2D eigenvalue weighted by Gasteiger charge is 2.52. The van der Waals surface area contributed by atoms with Crippen LogP contribution in [0.5, 0.6) is 0 Å². The number of fused-ring (bicyclic) bond motifs is 1. The predicted molar refractivity (Wildman–Crippen MR) is 59.4 cm³/mol. The monoisotopic (exact) mass is 211 g/mol. The molecule has 15 heavy (non-hydrogen) atoms. The Morgan fingerprint density at radius 2 is 2.13 bits per heavy atom. The van der Waals surface area contributed by atoms with Crippen LogP contribution in [0.2, 0.25) is 0 Å². The van der Waals surface area contributed by atoms with Gasteiger partial charge in [-0.15, -0.1) is 0 Å². The number of rotatable bonds is 1. The number of amides is 1. The van der Waals surface area contributed by atoms with Crippen molar-refractivity contribution in [3.63, 3.8) is 0 Å². The Labute approximate surface area is 91.6 Å². The van der Waals surface area contributed by atoms with Gasteiger partial charge in [0.2, 0.25) is 5.91 Å². The van der Waals surface area contributed by atoms with Gasteiger partial charge in [-0.05, 0) is 27.7 Å². The third-order valence-corrected chi connectivity index (χ3v) is 3.57. The van der Waals surface area contributed by atoms with Crippen molar-refractivity contribution in [2.45, 2.75) is 45.4 Å². The van der Waals surface area contributed by atoms with E-state index in [1.165, 1.54) is 0 Å². The second-order valence-electron chi connectivity index (χ2n) is 5.21. The van der Waals surface area contributed by atoms with E-state index in [0.717, 1.165) is 19.6 Å². The van der Waals surface area contributed by atoms with E-state index >= 15 is 0 Å². The van der Waals surface area contributed by atoms with Gasteiger partial charge in [-0.3, -0.25) is 9.69 Å². The van der Waals surface area contributed by atoms with Crippen molar-refractivity contribution >= 4 is 5.91 Å². The maximum absolute atomic E-state index is 12.2. The van der Waals surface area contributed by atoms with Gasteiger partial charge in [0.25, 0.3) is 0 Å². The van der Waals surface area contributed by atoms with E-state index in [1.54, 1.807) is 0 Å². The quantitative estimate of drug-likeness (QED) is 0.675. The first-order valence-corrected chi connectivity index (χ1v) is 5.77. The Kier molecular flexibility index (Phi) is 2.51. The Morgan fingerprint density at radius 3 is 2.67 bits per heavy atom. The summed E-state index contributed by atoms with van der Waals surface area (Å²) in [5.74, 6) is 0.280. The van der Waals surface area contributed by atoms with Gasteiger partial charge in [-0.25, -0.2) is 0 Å². The highest BCUT2D eigenvalue weighted by Crippen LogP contribution is 2.33. The molecule has 1 atom stereocenters. The molecule has 1 amide bonds. The lowest BCUT2D eigenvalue weighted by molar-refractivity contribution is -0.133. The predicted octanol–water partition coefficient (Wildman–Crippen LogP) is 0.247. The second kappa shape index (κ2) is 3.46. The van der Waals surface area contributed by atoms with Crippen molar-refractivity contribution < 1.29 is 4.79 Å². The molecule has 0 aromatic carbocycles. The summed E-state index contributed by atoms with van der Waals surface area (Å²) < 4.78 is 0. The van der Waals surface area contributed by atoms with Gasteiger partial charge in [0.15, 0.2) is 0 Å². The third kappa shape index (κ3) is 1.47. The molecule has 1 unspecified atom stereocenters. The lowest BCUT2D eigenvalue weighted by Gasteiger charge is -2.41. The SMILES string of the molecule is CC(C)N1C(=O)C2CNCCN2C1(C)C. The molecule has 2 aliphatic rings. The Bertz CT molecular complexity index is 275. The zero-order valence-corrected chi connectivity index (χ0v) is 10.1. The third-order valence-electron chi connectivity index (χ3n) is 3.57. The summed E-state index contributed by atoms with van der Waals surface area (Å²) in [6.07, 6.45) is 0. The number of hydrogen-bond donors (Lipinski definition) is 1. The van der Waals surface area contributed by atoms with Crippen molar-refractivity contribution in [2.75, 3.05) is 19.6 Å². The standard InChI is InChI=1S/C11H21N3O/c1-8(2)14-10(15)9-7-12-5-6-13(9)11(14,3)4/h8-9,12H,5-7H2,1-4H3. The summed E-state index contributed by atoms with van der Waals surface area (Å²) >= 11 is 0. The molecule has 2 rings (SSSR count). The van der Waals surface area contributed by atoms with Crippen LogP contribution in [0.4, 0.5) is 0 Å². The van der Waals surface area contributed by atoms with E-state index in [0.29, 0.717) is 0 Å². The van der Waals surface area contributed by atoms with Crippen molar-refractivity contribution in [1.82, 2.24) is 15.1 Å². The van der Waals surface area contributed by atoms with Crippen LogP contribution in [0.25, 0.3) is 0 Å². The molecule has 0 bridgehead atoms. The molecule has 86 valence electrons. The van der Waals surface area contributed by atoms with E-state index < -0.39 is 0 Å². The molecule has 4 heteroatoms. The smallest absolute Gasteiger partial charge is 0.243 e. The highest BCUT2D eigenvalue weighted by molar-refractivity contribution is 5.85. The Hall–Kier alpha value is -0.610. The summed E-state index contributed by atoms with van der Waals surface area (Å²) in [4.78, 5) is 16.6. The molecule has 2 aliphatic heterocycles. The van der Waals surface area contributed by atoms with Gasteiger partial charge >= 0.3 is 0 Å². The lowest BCUT2D eigenvalue weighted by atomic mass is 10.1. The first-order chi connectivity index (χ1) is 6.96. The fourth-order valence-electron chi connectivity index (χ4n) is 3.03. The topological polar surface area (TPSA) is 35.6 Å². The first kappa shape index (κ1) is 10.9. The average Bonchev–Trinajstić information content (AvgIpc) is 2.36. The van der Waals surface area contributed by atoms with Gasteiger partial charge in [0.05, 0.1) is 5.66 Å². The number of nitrogens with one attached hydrogen (secondary N) is 1.